The standard InChI is InChI=1S/C20H22FN3.C4H10/c1-11(2)23-19-9-18(21)16(8-12(19)3)13(4)17-10-22-20(15-6-7-15)24-14(17)5;1-4(2)3/h8-10,15H,4,6-7H2,1-3,5H3;4H,1-3H3. The summed E-state index contributed by atoms with van der Waals surface area (Å²) in [4.78, 5) is 13.4. The Bertz CT molecular complexity index is 886. The van der Waals surface area contributed by atoms with Gasteiger partial charge in [-0.15, -0.1) is 0 Å². The molecule has 150 valence electrons. The van der Waals surface area contributed by atoms with Gasteiger partial charge in [0, 0.05) is 40.7 Å². The van der Waals surface area contributed by atoms with Crippen molar-refractivity contribution in [2.45, 2.75) is 67.2 Å². The van der Waals surface area contributed by atoms with Crippen LogP contribution < -0.4 is 0 Å². The molecular formula is C24H32FN3. The highest BCUT2D eigenvalue weighted by Gasteiger charge is 2.27. The quantitative estimate of drug-likeness (QED) is 0.538. The molecule has 1 aromatic carbocycles. The van der Waals surface area contributed by atoms with Crippen molar-refractivity contribution in [3.63, 3.8) is 0 Å². The molecule has 4 heteroatoms. The molecular weight excluding hydrogens is 349 g/mol. The molecule has 0 amide bonds. The monoisotopic (exact) mass is 381 g/mol. The van der Waals surface area contributed by atoms with Crippen molar-refractivity contribution < 1.29 is 4.39 Å². The van der Waals surface area contributed by atoms with Gasteiger partial charge in [-0.05, 0) is 63.7 Å². The number of hydrogen-bond acceptors (Lipinski definition) is 3. The van der Waals surface area contributed by atoms with E-state index in [2.05, 4.69) is 42.3 Å². The lowest BCUT2D eigenvalue weighted by Gasteiger charge is -2.13. The van der Waals surface area contributed by atoms with Crippen LogP contribution in [0.15, 0.2) is 29.9 Å². The van der Waals surface area contributed by atoms with E-state index >= 15 is 0 Å². The molecule has 0 N–H and O–H groups in total. The average Bonchev–Trinajstić information content (AvgIpc) is 3.41. The highest BCUT2D eigenvalue weighted by atomic mass is 19.1. The van der Waals surface area contributed by atoms with Gasteiger partial charge in [-0.1, -0.05) is 27.4 Å². The number of aryl methyl sites for hydroxylation is 2. The van der Waals surface area contributed by atoms with E-state index in [0.717, 1.165) is 47.1 Å². The van der Waals surface area contributed by atoms with Crippen molar-refractivity contribution in [2.24, 2.45) is 10.9 Å². The summed E-state index contributed by atoms with van der Waals surface area (Å²) in [6, 6.07) is 3.27. The number of aliphatic imine (C=N–C) groups is 1. The Morgan fingerprint density at radius 3 is 2.25 bits per heavy atom. The molecule has 1 aliphatic carbocycles. The number of nitrogens with zero attached hydrogens (tertiary/aromatic N) is 3. The minimum absolute atomic E-state index is 0.323. The fraction of sp³-hybridized carbons (Fsp3) is 0.458. The Kier molecular flexibility index (Phi) is 7.22. The first-order valence-electron chi connectivity index (χ1n) is 9.95. The summed E-state index contributed by atoms with van der Waals surface area (Å²) < 4.78 is 14.6. The van der Waals surface area contributed by atoms with E-state index in [4.69, 9.17) is 0 Å². The van der Waals surface area contributed by atoms with E-state index in [1.54, 1.807) is 12.3 Å². The molecule has 3 rings (SSSR count). The molecule has 0 bridgehead atoms. The number of rotatable bonds is 4. The maximum absolute atomic E-state index is 14.6. The molecule has 1 aromatic heterocycles. The zero-order valence-electron chi connectivity index (χ0n) is 18.2. The smallest absolute Gasteiger partial charge is 0.133 e. The number of benzene rings is 1. The third kappa shape index (κ3) is 5.82. The van der Waals surface area contributed by atoms with Gasteiger partial charge in [-0.25, -0.2) is 14.4 Å². The maximum Gasteiger partial charge on any atom is 0.133 e. The summed E-state index contributed by atoms with van der Waals surface area (Å²) in [5, 5.41) is 0. The van der Waals surface area contributed by atoms with E-state index in [1.165, 1.54) is 6.07 Å². The van der Waals surface area contributed by atoms with Crippen LogP contribution in [0.25, 0.3) is 5.57 Å². The maximum atomic E-state index is 14.6. The van der Waals surface area contributed by atoms with Crippen LogP contribution in [0.3, 0.4) is 0 Å². The van der Waals surface area contributed by atoms with Crippen LogP contribution in [0.2, 0.25) is 0 Å². The Balaban J connectivity index is 0.000000640. The Labute approximate surface area is 168 Å². The second-order valence-corrected chi connectivity index (χ2v) is 8.39. The van der Waals surface area contributed by atoms with Crippen molar-refractivity contribution >= 4 is 17.0 Å². The zero-order chi connectivity index (χ0) is 21.0. The lowest BCUT2D eigenvalue weighted by Crippen LogP contribution is -2.01. The molecule has 0 radical (unpaired) electrons. The third-order valence-electron chi connectivity index (χ3n) is 4.22. The largest absolute Gasteiger partial charge is 0.258 e. The van der Waals surface area contributed by atoms with E-state index in [0.29, 0.717) is 22.7 Å². The van der Waals surface area contributed by atoms with Gasteiger partial charge >= 0.3 is 0 Å². The van der Waals surface area contributed by atoms with Gasteiger partial charge in [-0.2, -0.15) is 0 Å². The summed E-state index contributed by atoms with van der Waals surface area (Å²) in [6.45, 7) is 18.2. The molecule has 0 aliphatic heterocycles. The fourth-order valence-electron chi connectivity index (χ4n) is 2.73. The van der Waals surface area contributed by atoms with Crippen LogP contribution >= 0.6 is 0 Å². The van der Waals surface area contributed by atoms with Crippen molar-refractivity contribution in [1.29, 1.82) is 0 Å². The van der Waals surface area contributed by atoms with Crippen LogP contribution in [0, 0.1) is 25.6 Å². The van der Waals surface area contributed by atoms with E-state index in [9.17, 15) is 4.39 Å². The third-order valence-corrected chi connectivity index (χ3v) is 4.22. The molecule has 1 saturated carbocycles. The second kappa shape index (κ2) is 9.22. The predicted octanol–water partition coefficient (Wildman–Crippen LogP) is 6.95. The SMILES string of the molecule is C=C(c1cc(C)c(N=C(C)C)cc1F)c1cnc(C2CC2)nc1C.CC(C)C. The molecule has 1 aliphatic rings. The Morgan fingerprint density at radius 1 is 1.14 bits per heavy atom. The number of aromatic nitrogens is 2. The molecule has 0 saturated heterocycles. The van der Waals surface area contributed by atoms with E-state index in [-0.39, 0.29) is 5.82 Å². The van der Waals surface area contributed by atoms with Gasteiger partial charge in [0.25, 0.3) is 0 Å². The van der Waals surface area contributed by atoms with Crippen LogP contribution in [0.4, 0.5) is 10.1 Å². The average molecular weight is 382 g/mol. The van der Waals surface area contributed by atoms with Crippen molar-refractivity contribution in [1.82, 2.24) is 9.97 Å². The molecule has 1 heterocycles. The first-order chi connectivity index (χ1) is 13.1. The second-order valence-electron chi connectivity index (χ2n) is 8.39. The summed E-state index contributed by atoms with van der Waals surface area (Å²) in [5.41, 5.74) is 5.19. The van der Waals surface area contributed by atoms with E-state index in [1.807, 2.05) is 27.7 Å². The normalized spacial score (nSPS) is 13.0. The van der Waals surface area contributed by atoms with Crippen molar-refractivity contribution in [3.05, 3.63) is 58.9 Å². The van der Waals surface area contributed by atoms with Crippen LogP contribution in [-0.4, -0.2) is 15.7 Å². The van der Waals surface area contributed by atoms with Gasteiger partial charge in [0.15, 0.2) is 0 Å². The molecule has 2 aromatic rings. The van der Waals surface area contributed by atoms with Gasteiger partial charge < -0.3 is 0 Å². The number of halogens is 1. The van der Waals surface area contributed by atoms with Gasteiger partial charge in [0.05, 0.1) is 5.69 Å². The fourth-order valence-corrected chi connectivity index (χ4v) is 2.73. The molecule has 1 fully saturated rings. The first kappa shape index (κ1) is 21.9. The van der Waals surface area contributed by atoms with E-state index < -0.39 is 0 Å². The molecule has 0 atom stereocenters. The molecule has 0 spiro atoms. The minimum atomic E-state index is -0.323. The zero-order valence-corrected chi connectivity index (χ0v) is 18.2. The lowest BCUT2D eigenvalue weighted by atomic mass is 9.97. The Hall–Kier alpha value is -2.36. The van der Waals surface area contributed by atoms with Crippen LogP contribution in [0.5, 0.6) is 0 Å². The van der Waals surface area contributed by atoms with Crippen LogP contribution in [-0.2, 0) is 0 Å². The lowest BCUT2D eigenvalue weighted by molar-refractivity contribution is 0.624. The van der Waals surface area contributed by atoms with Crippen molar-refractivity contribution in [2.75, 3.05) is 0 Å². The topological polar surface area (TPSA) is 38.1 Å². The highest BCUT2D eigenvalue weighted by Crippen LogP contribution is 2.38. The summed E-state index contributed by atoms with van der Waals surface area (Å²) >= 11 is 0. The van der Waals surface area contributed by atoms with Crippen LogP contribution in [0.1, 0.15) is 81.6 Å². The minimum Gasteiger partial charge on any atom is -0.258 e. The predicted molar refractivity (Wildman–Crippen MR) is 117 cm³/mol. The Morgan fingerprint density at radius 2 is 1.75 bits per heavy atom. The molecule has 28 heavy (non-hydrogen) atoms. The highest BCUT2D eigenvalue weighted by molar-refractivity contribution is 5.84. The van der Waals surface area contributed by atoms with Gasteiger partial charge in [-0.3, -0.25) is 4.99 Å². The first-order valence-corrected chi connectivity index (χ1v) is 9.95. The molecule has 3 nitrogen and oxygen atoms in total. The number of hydrogen-bond donors (Lipinski definition) is 0. The summed E-state index contributed by atoms with van der Waals surface area (Å²) in [7, 11) is 0. The molecule has 0 unspecified atom stereocenters. The summed E-state index contributed by atoms with van der Waals surface area (Å²) in [5.74, 6) is 1.90. The van der Waals surface area contributed by atoms with Crippen molar-refractivity contribution in [3.8, 4) is 0 Å². The summed E-state index contributed by atoms with van der Waals surface area (Å²) in [6.07, 6.45) is 4.09. The van der Waals surface area contributed by atoms with Gasteiger partial charge in [0.1, 0.15) is 11.6 Å². The van der Waals surface area contributed by atoms with Gasteiger partial charge in [0.2, 0.25) is 0 Å².